The van der Waals surface area contributed by atoms with Crippen molar-refractivity contribution in [2.75, 3.05) is 0 Å². The zero-order valence-corrected chi connectivity index (χ0v) is 13.8. The zero-order chi connectivity index (χ0) is 14.5. The first-order valence-corrected chi connectivity index (χ1v) is 7.11. The Morgan fingerprint density at radius 3 is 2.45 bits per heavy atom. The molecule has 0 radical (unpaired) electrons. The minimum Gasteiger partial charge on any atom is -0.508 e. The normalized spacial score (nSPS) is 12.7. The van der Waals surface area contributed by atoms with Gasteiger partial charge in [-0.1, -0.05) is 26.2 Å². The molecule has 1 atom stereocenters. The summed E-state index contributed by atoms with van der Waals surface area (Å²) < 4.78 is 5.81. The van der Waals surface area contributed by atoms with E-state index < -0.39 is 0 Å². The van der Waals surface area contributed by atoms with Crippen LogP contribution < -0.4 is 10.5 Å². The standard InChI is InChI=1S/C16H27NO2.ClH/c1-5-6-7-8-14(17)13-11-12(9-10-15(13)18)19-16(2,3)4;/h9-11,14,18H,5-8,17H2,1-4H3;1H/t14-;/m1./s1. The van der Waals surface area contributed by atoms with Crippen LogP contribution in [0.5, 0.6) is 11.5 Å². The molecule has 0 aromatic heterocycles. The van der Waals surface area contributed by atoms with E-state index in [4.69, 9.17) is 10.5 Å². The van der Waals surface area contributed by atoms with Gasteiger partial charge in [-0.25, -0.2) is 0 Å². The van der Waals surface area contributed by atoms with Crippen LogP contribution in [0.15, 0.2) is 18.2 Å². The third kappa shape index (κ3) is 6.49. The summed E-state index contributed by atoms with van der Waals surface area (Å²) in [7, 11) is 0. The van der Waals surface area contributed by atoms with Crippen molar-refractivity contribution in [1.29, 1.82) is 0 Å². The average molecular weight is 302 g/mol. The smallest absolute Gasteiger partial charge is 0.120 e. The molecule has 0 aliphatic rings. The second-order valence-electron chi connectivity index (χ2n) is 6.04. The van der Waals surface area contributed by atoms with Gasteiger partial charge in [0.25, 0.3) is 0 Å². The van der Waals surface area contributed by atoms with Crippen molar-refractivity contribution in [3.8, 4) is 11.5 Å². The fourth-order valence-corrected chi connectivity index (χ4v) is 2.02. The predicted molar refractivity (Wildman–Crippen MR) is 86.8 cm³/mol. The fraction of sp³-hybridized carbons (Fsp3) is 0.625. The van der Waals surface area contributed by atoms with Crippen LogP contribution in [-0.2, 0) is 0 Å². The van der Waals surface area contributed by atoms with Gasteiger partial charge in [-0.15, -0.1) is 12.4 Å². The Labute approximate surface area is 128 Å². The molecule has 0 saturated heterocycles. The Morgan fingerprint density at radius 1 is 1.25 bits per heavy atom. The van der Waals surface area contributed by atoms with Crippen LogP contribution in [0.1, 0.15) is 65.0 Å². The van der Waals surface area contributed by atoms with Gasteiger partial charge in [-0.3, -0.25) is 0 Å². The molecule has 1 aromatic carbocycles. The lowest BCUT2D eigenvalue weighted by atomic mass is 10.00. The molecular weight excluding hydrogens is 274 g/mol. The highest BCUT2D eigenvalue weighted by molar-refractivity contribution is 5.85. The van der Waals surface area contributed by atoms with Crippen LogP contribution in [0.25, 0.3) is 0 Å². The van der Waals surface area contributed by atoms with Gasteiger partial charge in [-0.2, -0.15) is 0 Å². The van der Waals surface area contributed by atoms with Crippen LogP contribution in [0.2, 0.25) is 0 Å². The maximum atomic E-state index is 9.92. The summed E-state index contributed by atoms with van der Waals surface area (Å²) in [5.41, 5.74) is 6.68. The fourth-order valence-electron chi connectivity index (χ4n) is 2.02. The highest BCUT2D eigenvalue weighted by atomic mass is 35.5. The molecule has 116 valence electrons. The van der Waals surface area contributed by atoms with Gasteiger partial charge < -0.3 is 15.6 Å². The number of ether oxygens (including phenoxy) is 1. The molecule has 0 amide bonds. The number of halogens is 1. The highest BCUT2D eigenvalue weighted by Crippen LogP contribution is 2.31. The largest absolute Gasteiger partial charge is 0.508 e. The van der Waals surface area contributed by atoms with E-state index in [1.54, 1.807) is 12.1 Å². The molecule has 1 rings (SSSR count). The van der Waals surface area contributed by atoms with Crippen molar-refractivity contribution in [3.05, 3.63) is 23.8 Å². The number of nitrogens with two attached hydrogens (primary N) is 1. The van der Waals surface area contributed by atoms with E-state index in [0.717, 1.165) is 24.2 Å². The van der Waals surface area contributed by atoms with E-state index in [1.807, 2.05) is 26.8 Å². The number of phenolic OH excluding ortho intramolecular Hbond substituents is 1. The summed E-state index contributed by atoms with van der Waals surface area (Å²) in [4.78, 5) is 0. The molecule has 0 aliphatic carbocycles. The molecule has 0 bridgehead atoms. The minimum atomic E-state index is -0.249. The van der Waals surface area contributed by atoms with Crippen molar-refractivity contribution in [3.63, 3.8) is 0 Å². The molecule has 0 spiro atoms. The molecule has 0 unspecified atom stereocenters. The summed E-state index contributed by atoms with van der Waals surface area (Å²) in [5.74, 6) is 1.01. The lowest BCUT2D eigenvalue weighted by Crippen LogP contribution is -2.23. The average Bonchev–Trinajstić information content (AvgIpc) is 2.30. The molecule has 1 aromatic rings. The van der Waals surface area contributed by atoms with Gasteiger partial charge in [0.1, 0.15) is 17.1 Å². The van der Waals surface area contributed by atoms with Gasteiger partial charge in [-0.05, 0) is 45.4 Å². The van der Waals surface area contributed by atoms with Gasteiger partial charge in [0.15, 0.2) is 0 Å². The topological polar surface area (TPSA) is 55.5 Å². The maximum absolute atomic E-state index is 9.92. The lowest BCUT2D eigenvalue weighted by molar-refractivity contribution is 0.130. The molecule has 0 fully saturated rings. The van der Waals surface area contributed by atoms with E-state index in [9.17, 15) is 5.11 Å². The summed E-state index contributed by atoms with van der Waals surface area (Å²) in [6, 6.07) is 5.17. The SMILES string of the molecule is CCCCC[C@@H](N)c1cc(OC(C)(C)C)ccc1O.Cl. The van der Waals surface area contributed by atoms with Crippen LogP contribution in [0, 0.1) is 0 Å². The third-order valence-corrected chi connectivity index (χ3v) is 2.94. The second-order valence-corrected chi connectivity index (χ2v) is 6.04. The molecule has 4 heteroatoms. The van der Waals surface area contributed by atoms with E-state index in [-0.39, 0.29) is 29.8 Å². The number of hydrogen-bond acceptors (Lipinski definition) is 3. The number of benzene rings is 1. The summed E-state index contributed by atoms with van der Waals surface area (Å²) in [6.07, 6.45) is 4.32. The highest BCUT2D eigenvalue weighted by Gasteiger charge is 2.16. The van der Waals surface area contributed by atoms with Crippen LogP contribution >= 0.6 is 12.4 Å². The predicted octanol–water partition coefficient (Wildman–Crippen LogP) is 4.57. The second kappa shape index (κ2) is 8.38. The zero-order valence-electron chi connectivity index (χ0n) is 13.0. The Hall–Kier alpha value is -0.930. The first-order valence-electron chi connectivity index (χ1n) is 7.11. The Balaban J connectivity index is 0.00000361. The van der Waals surface area contributed by atoms with Gasteiger partial charge >= 0.3 is 0 Å². The number of rotatable bonds is 6. The van der Waals surface area contributed by atoms with Crippen molar-refractivity contribution in [1.82, 2.24) is 0 Å². The van der Waals surface area contributed by atoms with Gasteiger partial charge in [0.2, 0.25) is 0 Å². The molecule has 0 aliphatic heterocycles. The van der Waals surface area contributed by atoms with E-state index in [0.29, 0.717) is 0 Å². The van der Waals surface area contributed by atoms with E-state index in [1.165, 1.54) is 12.8 Å². The lowest BCUT2D eigenvalue weighted by Gasteiger charge is -2.22. The van der Waals surface area contributed by atoms with Crippen LogP contribution in [0.3, 0.4) is 0 Å². The maximum Gasteiger partial charge on any atom is 0.120 e. The quantitative estimate of drug-likeness (QED) is 0.757. The molecular formula is C16H28ClNO2. The molecule has 20 heavy (non-hydrogen) atoms. The number of phenols is 1. The summed E-state index contributed by atoms with van der Waals surface area (Å²) in [5, 5.41) is 9.92. The van der Waals surface area contributed by atoms with Crippen molar-refractivity contribution in [2.45, 2.75) is 65.0 Å². The first kappa shape index (κ1) is 19.1. The van der Waals surface area contributed by atoms with Gasteiger partial charge in [0.05, 0.1) is 0 Å². The van der Waals surface area contributed by atoms with Gasteiger partial charge in [0, 0.05) is 11.6 Å². The van der Waals surface area contributed by atoms with Crippen molar-refractivity contribution in [2.24, 2.45) is 5.73 Å². The number of unbranched alkanes of at least 4 members (excludes halogenated alkanes) is 2. The summed E-state index contributed by atoms with van der Waals surface area (Å²) in [6.45, 7) is 8.17. The minimum absolute atomic E-state index is 0. The number of hydrogen-bond donors (Lipinski definition) is 2. The van der Waals surface area contributed by atoms with E-state index >= 15 is 0 Å². The van der Waals surface area contributed by atoms with Crippen molar-refractivity contribution < 1.29 is 9.84 Å². The van der Waals surface area contributed by atoms with Crippen LogP contribution in [-0.4, -0.2) is 10.7 Å². The van der Waals surface area contributed by atoms with E-state index in [2.05, 4.69) is 6.92 Å². The Kier molecular flexibility index (Phi) is 7.99. The number of aromatic hydroxyl groups is 1. The van der Waals surface area contributed by atoms with Crippen LogP contribution in [0.4, 0.5) is 0 Å². The first-order chi connectivity index (χ1) is 8.83. The van der Waals surface area contributed by atoms with Crippen molar-refractivity contribution >= 4 is 12.4 Å². The molecule has 3 nitrogen and oxygen atoms in total. The monoisotopic (exact) mass is 301 g/mol. The molecule has 3 N–H and O–H groups in total. The molecule has 0 heterocycles. The third-order valence-electron chi connectivity index (χ3n) is 2.94. The molecule has 0 saturated carbocycles. The summed E-state index contributed by atoms with van der Waals surface area (Å²) >= 11 is 0. The Morgan fingerprint density at radius 2 is 1.90 bits per heavy atom. The Bertz CT molecular complexity index is 402.